The van der Waals surface area contributed by atoms with Crippen molar-refractivity contribution < 1.29 is 0 Å². The molecular formula is C26H18IN. The fraction of sp³-hybridized carbons (Fsp3) is 0. The summed E-state index contributed by atoms with van der Waals surface area (Å²) in [5, 5.41) is 8.65. The Morgan fingerprint density at radius 2 is 1.18 bits per heavy atom. The Kier molecular flexibility index (Phi) is 4.49. The van der Waals surface area contributed by atoms with Gasteiger partial charge >= 0.3 is 0 Å². The normalized spacial score (nSPS) is 11.0. The van der Waals surface area contributed by atoms with Crippen LogP contribution in [0.15, 0.2) is 103 Å². The van der Waals surface area contributed by atoms with E-state index in [9.17, 15) is 0 Å². The van der Waals surface area contributed by atoms with Gasteiger partial charge in [-0.2, -0.15) is 0 Å². The van der Waals surface area contributed by atoms with Crippen molar-refractivity contribution in [1.29, 1.82) is 0 Å². The Labute approximate surface area is 178 Å². The van der Waals surface area contributed by atoms with E-state index in [1.807, 2.05) is 0 Å². The first-order valence-corrected chi connectivity index (χ1v) is 10.4. The number of rotatable bonds is 3. The van der Waals surface area contributed by atoms with Gasteiger partial charge in [0.05, 0.1) is 0 Å². The van der Waals surface area contributed by atoms with Gasteiger partial charge in [-0.05, 0) is 91.7 Å². The van der Waals surface area contributed by atoms with Crippen LogP contribution in [-0.4, -0.2) is 0 Å². The molecule has 0 aromatic heterocycles. The van der Waals surface area contributed by atoms with Gasteiger partial charge in [-0.1, -0.05) is 66.7 Å². The zero-order chi connectivity index (χ0) is 18.9. The molecule has 0 unspecified atom stereocenters. The zero-order valence-corrected chi connectivity index (χ0v) is 17.4. The fourth-order valence-corrected chi connectivity index (χ4v) is 4.08. The van der Waals surface area contributed by atoms with Crippen molar-refractivity contribution in [3.8, 4) is 11.1 Å². The molecule has 0 atom stereocenters. The third-order valence-corrected chi connectivity index (χ3v) is 5.83. The summed E-state index contributed by atoms with van der Waals surface area (Å²) >= 11 is 2.32. The summed E-state index contributed by atoms with van der Waals surface area (Å²) in [6.07, 6.45) is 0. The van der Waals surface area contributed by atoms with Crippen LogP contribution < -0.4 is 5.32 Å². The van der Waals surface area contributed by atoms with Crippen LogP contribution in [0.25, 0.3) is 32.7 Å². The van der Waals surface area contributed by atoms with Crippen LogP contribution in [0.2, 0.25) is 0 Å². The van der Waals surface area contributed by atoms with Gasteiger partial charge in [0.25, 0.3) is 0 Å². The fourth-order valence-electron chi connectivity index (χ4n) is 3.73. The topological polar surface area (TPSA) is 12.0 Å². The highest BCUT2D eigenvalue weighted by Gasteiger charge is 2.06. The number of benzene rings is 5. The first-order chi connectivity index (χ1) is 13.8. The summed E-state index contributed by atoms with van der Waals surface area (Å²) in [4.78, 5) is 0. The van der Waals surface area contributed by atoms with E-state index >= 15 is 0 Å². The molecule has 5 rings (SSSR count). The Morgan fingerprint density at radius 3 is 1.96 bits per heavy atom. The van der Waals surface area contributed by atoms with E-state index in [0.29, 0.717) is 0 Å². The number of fused-ring (bicyclic) bond motifs is 3. The Morgan fingerprint density at radius 1 is 0.500 bits per heavy atom. The standard InChI is InChI=1S/C26H18IN/c27-20-11-15-22(16-12-20)28-21-13-8-19(9-14-21)24-6-3-7-25-23-5-2-1-4-18(23)10-17-26(24)25/h1-17,28H. The molecule has 0 saturated heterocycles. The minimum atomic E-state index is 1.09. The summed E-state index contributed by atoms with van der Waals surface area (Å²) < 4.78 is 1.24. The van der Waals surface area contributed by atoms with Crippen LogP contribution in [0.3, 0.4) is 0 Å². The minimum Gasteiger partial charge on any atom is -0.356 e. The molecule has 0 fully saturated rings. The highest BCUT2D eigenvalue weighted by molar-refractivity contribution is 14.1. The first-order valence-electron chi connectivity index (χ1n) is 9.31. The largest absolute Gasteiger partial charge is 0.356 e. The number of halogens is 1. The van der Waals surface area contributed by atoms with Crippen molar-refractivity contribution in [2.45, 2.75) is 0 Å². The van der Waals surface area contributed by atoms with Gasteiger partial charge in [0.15, 0.2) is 0 Å². The number of anilines is 2. The predicted octanol–water partition coefficient (Wildman–Crippen LogP) is 8.01. The molecule has 0 bridgehead atoms. The summed E-state index contributed by atoms with van der Waals surface area (Å²) in [5.74, 6) is 0. The smallest absolute Gasteiger partial charge is 0.0384 e. The van der Waals surface area contributed by atoms with Crippen LogP contribution in [0.5, 0.6) is 0 Å². The van der Waals surface area contributed by atoms with Gasteiger partial charge in [-0.25, -0.2) is 0 Å². The summed E-state index contributed by atoms with van der Waals surface area (Å²) in [7, 11) is 0. The highest BCUT2D eigenvalue weighted by Crippen LogP contribution is 2.33. The molecule has 0 saturated carbocycles. The third kappa shape index (κ3) is 3.25. The van der Waals surface area contributed by atoms with Crippen LogP contribution >= 0.6 is 22.6 Å². The molecule has 1 N–H and O–H groups in total. The molecule has 5 aromatic carbocycles. The molecule has 0 aliphatic heterocycles. The average Bonchev–Trinajstić information content (AvgIpc) is 2.75. The second kappa shape index (κ2) is 7.28. The lowest BCUT2D eigenvalue weighted by Crippen LogP contribution is -1.90. The SMILES string of the molecule is Ic1ccc(Nc2ccc(-c3cccc4c3ccc3ccccc34)cc2)cc1. The number of hydrogen-bond donors (Lipinski definition) is 1. The van der Waals surface area contributed by atoms with E-state index in [-0.39, 0.29) is 0 Å². The molecule has 0 radical (unpaired) electrons. The van der Waals surface area contributed by atoms with Crippen LogP contribution in [0.4, 0.5) is 11.4 Å². The van der Waals surface area contributed by atoms with E-state index in [1.165, 1.54) is 36.2 Å². The van der Waals surface area contributed by atoms with E-state index in [2.05, 4.69) is 131 Å². The predicted molar refractivity (Wildman–Crippen MR) is 129 cm³/mol. The van der Waals surface area contributed by atoms with E-state index in [1.54, 1.807) is 0 Å². The molecule has 134 valence electrons. The second-order valence-corrected chi connectivity index (χ2v) is 8.14. The summed E-state index contributed by atoms with van der Waals surface area (Å²) in [6.45, 7) is 0. The van der Waals surface area contributed by atoms with E-state index < -0.39 is 0 Å². The van der Waals surface area contributed by atoms with Crippen molar-refractivity contribution in [3.05, 3.63) is 107 Å². The van der Waals surface area contributed by atoms with Crippen LogP contribution in [-0.2, 0) is 0 Å². The van der Waals surface area contributed by atoms with Gasteiger partial charge in [0.1, 0.15) is 0 Å². The highest BCUT2D eigenvalue weighted by atomic mass is 127. The molecular weight excluding hydrogens is 453 g/mol. The van der Waals surface area contributed by atoms with Gasteiger partial charge in [-0.3, -0.25) is 0 Å². The van der Waals surface area contributed by atoms with Gasteiger partial charge in [0, 0.05) is 14.9 Å². The first kappa shape index (κ1) is 17.3. The molecule has 1 nitrogen and oxygen atoms in total. The Hall–Kier alpha value is -2.85. The molecule has 2 heteroatoms. The lowest BCUT2D eigenvalue weighted by molar-refractivity contribution is 1.53. The maximum Gasteiger partial charge on any atom is 0.0384 e. The van der Waals surface area contributed by atoms with Gasteiger partial charge in [-0.15, -0.1) is 0 Å². The minimum absolute atomic E-state index is 1.09. The second-order valence-electron chi connectivity index (χ2n) is 6.90. The average molecular weight is 471 g/mol. The van der Waals surface area contributed by atoms with Gasteiger partial charge < -0.3 is 5.32 Å². The van der Waals surface area contributed by atoms with Crippen molar-refractivity contribution >= 4 is 55.5 Å². The molecule has 0 aliphatic carbocycles. The maximum atomic E-state index is 3.47. The lowest BCUT2D eigenvalue weighted by atomic mass is 9.95. The monoisotopic (exact) mass is 471 g/mol. The number of hydrogen-bond acceptors (Lipinski definition) is 1. The van der Waals surface area contributed by atoms with Crippen LogP contribution in [0.1, 0.15) is 0 Å². The van der Waals surface area contributed by atoms with Gasteiger partial charge in [0.2, 0.25) is 0 Å². The van der Waals surface area contributed by atoms with Crippen LogP contribution in [0, 0.1) is 3.57 Å². The molecule has 0 spiro atoms. The Bertz CT molecular complexity index is 1270. The maximum absolute atomic E-state index is 3.47. The third-order valence-electron chi connectivity index (χ3n) is 5.12. The van der Waals surface area contributed by atoms with Crippen molar-refractivity contribution in [3.63, 3.8) is 0 Å². The van der Waals surface area contributed by atoms with Crippen molar-refractivity contribution in [2.75, 3.05) is 5.32 Å². The lowest BCUT2D eigenvalue weighted by Gasteiger charge is -2.11. The molecule has 0 amide bonds. The molecule has 0 heterocycles. The van der Waals surface area contributed by atoms with Crippen molar-refractivity contribution in [2.24, 2.45) is 0 Å². The quantitative estimate of drug-likeness (QED) is 0.208. The number of nitrogens with one attached hydrogen (secondary N) is 1. The zero-order valence-electron chi connectivity index (χ0n) is 15.2. The molecule has 28 heavy (non-hydrogen) atoms. The summed E-state index contributed by atoms with van der Waals surface area (Å²) in [5.41, 5.74) is 4.69. The molecule has 5 aromatic rings. The van der Waals surface area contributed by atoms with E-state index in [0.717, 1.165) is 11.4 Å². The molecule has 0 aliphatic rings. The summed E-state index contributed by atoms with van der Waals surface area (Å²) in [6, 6.07) is 36.7. The van der Waals surface area contributed by atoms with Crippen molar-refractivity contribution in [1.82, 2.24) is 0 Å². The Balaban J connectivity index is 1.53. The van der Waals surface area contributed by atoms with E-state index in [4.69, 9.17) is 0 Å².